The maximum absolute atomic E-state index is 12.4. The van der Waals surface area contributed by atoms with E-state index in [2.05, 4.69) is 5.32 Å². The van der Waals surface area contributed by atoms with Crippen molar-refractivity contribution in [3.05, 3.63) is 65.7 Å². The third kappa shape index (κ3) is 4.47. The molecule has 1 fully saturated rings. The molecule has 0 radical (unpaired) electrons. The maximum atomic E-state index is 12.4. The van der Waals surface area contributed by atoms with E-state index in [0.717, 1.165) is 17.5 Å². The molecular weight excluding hydrogens is 357 g/mol. The number of carbonyl (C=O) groups excluding carboxylic acids is 1. The van der Waals surface area contributed by atoms with Gasteiger partial charge in [-0.3, -0.25) is 4.79 Å². The van der Waals surface area contributed by atoms with E-state index < -0.39 is 9.93 Å². The molecule has 0 spiro atoms. The smallest absolute Gasteiger partial charge is 0.263 e. The summed E-state index contributed by atoms with van der Waals surface area (Å²) in [4.78, 5) is 12.4. The van der Waals surface area contributed by atoms with Crippen molar-refractivity contribution in [2.75, 3.05) is 0 Å². The van der Waals surface area contributed by atoms with Gasteiger partial charge in [-0.1, -0.05) is 42.5 Å². The summed E-state index contributed by atoms with van der Waals surface area (Å²) in [6.07, 6.45) is 0.768. The van der Waals surface area contributed by atoms with Gasteiger partial charge in [-0.25, -0.2) is 0 Å². The van der Waals surface area contributed by atoms with Crippen LogP contribution in [0.2, 0.25) is 0 Å². The quantitative estimate of drug-likeness (QED) is 0.732. The lowest BCUT2D eigenvalue weighted by molar-refractivity contribution is -0.134. The fraction of sp³-hybridized carbons (Fsp3) is 0.350. The van der Waals surface area contributed by atoms with Crippen LogP contribution in [0.25, 0.3) is 0 Å². The zero-order chi connectivity index (χ0) is 18.1. The van der Waals surface area contributed by atoms with Crippen LogP contribution in [-0.4, -0.2) is 15.8 Å². The predicted molar refractivity (Wildman–Crippen MR) is 101 cm³/mol. The Labute approximate surface area is 158 Å². The van der Waals surface area contributed by atoms with Crippen LogP contribution < -0.4 is 10.1 Å². The number of hydrogen-bond acceptors (Lipinski definition) is 2. The van der Waals surface area contributed by atoms with Crippen LogP contribution in [0, 0.1) is 0 Å². The average Bonchev–Trinajstić information content (AvgIpc) is 3.22. The van der Waals surface area contributed by atoms with Crippen molar-refractivity contribution in [1.82, 2.24) is 5.32 Å². The normalized spacial score (nSPS) is 18.5. The lowest BCUT2D eigenvalue weighted by atomic mass is 10.1. The van der Waals surface area contributed by atoms with Gasteiger partial charge in [0.2, 0.25) is 0 Å². The molecule has 0 heterocycles. The lowest BCUT2D eigenvalue weighted by Gasteiger charge is -2.25. The third-order valence-corrected chi connectivity index (χ3v) is 5.16. The van der Waals surface area contributed by atoms with Crippen LogP contribution in [0.15, 0.2) is 54.6 Å². The Bertz CT molecular complexity index is 742. The number of benzene rings is 2. The van der Waals surface area contributed by atoms with E-state index in [-0.39, 0.29) is 11.8 Å². The van der Waals surface area contributed by atoms with Crippen molar-refractivity contribution >= 4 is 29.1 Å². The number of alkyl halides is 2. The molecule has 1 atom stereocenters. The van der Waals surface area contributed by atoms with Gasteiger partial charge in [0.05, 0.1) is 0 Å². The van der Waals surface area contributed by atoms with Gasteiger partial charge in [0, 0.05) is 12.5 Å². The molecule has 0 bridgehead atoms. The molecule has 1 unspecified atom stereocenters. The monoisotopic (exact) mass is 377 g/mol. The first kappa shape index (κ1) is 18.1. The van der Waals surface area contributed by atoms with E-state index in [1.165, 1.54) is 0 Å². The molecule has 1 N–H and O–H groups in total. The van der Waals surface area contributed by atoms with Gasteiger partial charge in [0.1, 0.15) is 10.1 Å². The highest BCUT2D eigenvalue weighted by atomic mass is 35.5. The van der Waals surface area contributed by atoms with Crippen molar-refractivity contribution in [3.8, 4) is 5.75 Å². The maximum Gasteiger partial charge on any atom is 0.263 e. The number of halogens is 2. The predicted octanol–water partition coefficient (Wildman–Crippen LogP) is 4.82. The first-order valence-corrected chi connectivity index (χ1v) is 9.02. The van der Waals surface area contributed by atoms with Gasteiger partial charge in [-0.2, -0.15) is 0 Å². The molecule has 5 heteroatoms. The average molecular weight is 378 g/mol. The van der Waals surface area contributed by atoms with Crippen LogP contribution in [-0.2, 0) is 11.3 Å². The summed E-state index contributed by atoms with van der Waals surface area (Å²) in [6.45, 7) is 3.98. The largest absolute Gasteiger partial charge is 0.478 e. The second-order valence-corrected chi connectivity index (χ2v) is 8.41. The number of carbonyl (C=O) groups is 1. The fourth-order valence-electron chi connectivity index (χ4n) is 2.68. The third-order valence-electron chi connectivity index (χ3n) is 4.32. The van der Waals surface area contributed by atoms with Crippen molar-refractivity contribution in [2.24, 2.45) is 0 Å². The van der Waals surface area contributed by atoms with E-state index >= 15 is 0 Å². The topological polar surface area (TPSA) is 38.3 Å². The fourth-order valence-corrected chi connectivity index (χ4v) is 3.24. The van der Waals surface area contributed by atoms with Gasteiger partial charge in [-0.15, -0.1) is 23.2 Å². The Morgan fingerprint density at radius 1 is 1.16 bits per heavy atom. The molecule has 132 valence electrons. The molecule has 1 aliphatic rings. The highest BCUT2D eigenvalue weighted by Gasteiger charge is 2.52. The number of nitrogens with one attached hydrogen (secondary N) is 1. The Morgan fingerprint density at radius 2 is 1.76 bits per heavy atom. The first-order valence-electron chi connectivity index (χ1n) is 8.27. The van der Waals surface area contributed by atoms with E-state index in [9.17, 15) is 4.79 Å². The van der Waals surface area contributed by atoms with Crippen LogP contribution in [0.1, 0.15) is 37.3 Å². The van der Waals surface area contributed by atoms with Crippen LogP contribution in [0.3, 0.4) is 0 Å². The summed E-state index contributed by atoms with van der Waals surface area (Å²) in [7, 11) is 0. The highest BCUT2D eigenvalue weighted by Crippen LogP contribution is 2.59. The minimum atomic E-state index is -0.974. The standard InChI is InChI=1S/C20H21Cl2NO2/c1-19(2,18(24)23-13-14-6-4-3-5-7-14)25-16-10-8-15(9-11-16)17-12-20(17,21)22/h3-11,17H,12-13H2,1-2H3,(H,23,24). The summed E-state index contributed by atoms with van der Waals surface area (Å²) in [5.41, 5.74) is 1.16. The van der Waals surface area contributed by atoms with E-state index in [1.807, 2.05) is 54.6 Å². The molecule has 1 saturated carbocycles. The summed E-state index contributed by atoms with van der Waals surface area (Å²) in [5.74, 6) is 0.647. The molecule has 0 aromatic heterocycles. The van der Waals surface area contributed by atoms with Crippen molar-refractivity contribution in [1.29, 1.82) is 0 Å². The molecule has 3 rings (SSSR count). The number of rotatable bonds is 6. The first-order chi connectivity index (χ1) is 11.8. The molecule has 2 aromatic carbocycles. The number of amides is 1. The molecule has 1 aliphatic carbocycles. The van der Waals surface area contributed by atoms with Crippen LogP contribution in [0.5, 0.6) is 5.75 Å². The number of hydrogen-bond donors (Lipinski definition) is 1. The molecule has 3 nitrogen and oxygen atoms in total. The summed E-state index contributed by atoms with van der Waals surface area (Å²) >= 11 is 12.2. The molecule has 2 aromatic rings. The van der Waals surface area contributed by atoms with Gasteiger partial charge >= 0.3 is 0 Å². The molecule has 1 amide bonds. The van der Waals surface area contributed by atoms with E-state index in [4.69, 9.17) is 27.9 Å². The van der Waals surface area contributed by atoms with Crippen molar-refractivity contribution in [2.45, 2.75) is 42.7 Å². The second-order valence-electron chi connectivity index (χ2n) is 6.87. The highest BCUT2D eigenvalue weighted by molar-refractivity contribution is 6.51. The van der Waals surface area contributed by atoms with Crippen LogP contribution in [0.4, 0.5) is 0 Å². The van der Waals surface area contributed by atoms with Gasteiger partial charge < -0.3 is 10.1 Å². The second kappa shape index (κ2) is 6.89. The summed E-state index contributed by atoms with van der Waals surface area (Å²) in [6, 6.07) is 17.4. The number of ether oxygens (including phenoxy) is 1. The zero-order valence-corrected chi connectivity index (χ0v) is 15.8. The van der Waals surface area contributed by atoms with Gasteiger partial charge in [0.25, 0.3) is 5.91 Å². The van der Waals surface area contributed by atoms with Crippen molar-refractivity contribution < 1.29 is 9.53 Å². The van der Waals surface area contributed by atoms with Gasteiger partial charge in [-0.05, 0) is 43.5 Å². The Kier molecular flexibility index (Phi) is 4.99. The van der Waals surface area contributed by atoms with Crippen LogP contribution >= 0.6 is 23.2 Å². The lowest BCUT2D eigenvalue weighted by Crippen LogP contribution is -2.46. The SMILES string of the molecule is CC(C)(Oc1ccc(C2CC2(Cl)Cl)cc1)C(=O)NCc1ccccc1. The molecular formula is C20H21Cl2NO2. The summed E-state index contributed by atoms with van der Waals surface area (Å²) in [5, 5.41) is 2.91. The minimum absolute atomic E-state index is 0.164. The zero-order valence-electron chi connectivity index (χ0n) is 14.3. The Balaban J connectivity index is 1.57. The van der Waals surface area contributed by atoms with Gasteiger partial charge in [0.15, 0.2) is 5.60 Å². The molecule has 0 aliphatic heterocycles. The Hall–Kier alpha value is -1.71. The molecule has 0 saturated heterocycles. The van der Waals surface area contributed by atoms with E-state index in [0.29, 0.717) is 12.3 Å². The van der Waals surface area contributed by atoms with Crippen molar-refractivity contribution in [3.63, 3.8) is 0 Å². The summed E-state index contributed by atoms with van der Waals surface area (Å²) < 4.78 is 5.24. The minimum Gasteiger partial charge on any atom is -0.478 e. The Morgan fingerprint density at radius 3 is 2.32 bits per heavy atom. The molecule has 25 heavy (non-hydrogen) atoms. The van der Waals surface area contributed by atoms with E-state index in [1.54, 1.807) is 13.8 Å².